The molecular weight excluding hydrogens is 422 g/mol. The molecule has 1 heterocycles. The zero-order valence-corrected chi connectivity index (χ0v) is 18.6. The predicted octanol–water partition coefficient (Wildman–Crippen LogP) is 5.80. The van der Waals surface area contributed by atoms with Gasteiger partial charge in [-0.25, -0.2) is 12.7 Å². The van der Waals surface area contributed by atoms with Crippen molar-refractivity contribution in [3.8, 4) is 0 Å². The van der Waals surface area contributed by atoms with Gasteiger partial charge in [-0.2, -0.15) is 0 Å². The molecule has 1 aliphatic carbocycles. The molecule has 1 aromatic heterocycles. The Kier molecular flexibility index (Phi) is 5.64. The van der Waals surface area contributed by atoms with Crippen LogP contribution in [0.3, 0.4) is 0 Å². The minimum atomic E-state index is -4.09. The van der Waals surface area contributed by atoms with Gasteiger partial charge in [0.05, 0.1) is 10.6 Å². The van der Waals surface area contributed by atoms with E-state index in [2.05, 4.69) is 0 Å². The quantitative estimate of drug-likeness (QED) is 0.498. The van der Waals surface area contributed by atoms with Crippen LogP contribution in [0.2, 0.25) is 5.02 Å². The van der Waals surface area contributed by atoms with Crippen LogP contribution >= 0.6 is 11.6 Å². The number of anilines is 1. The lowest BCUT2D eigenvalue weighted by molar-refractivity contribution is -0.117. The average Bonchev–Trinajstić information content (AvgIpc) is 3.08. The number of rotatable bonds is 5. The molecule has 2 aromatic carbocycles. The van der Waals surface area contributed by atoms with Gasteiger partial charge in [0, 0.05) is 28.8 Å². The lowest BCUT2D eigenvalue weighted by Crippen LogP contribution is -2.36. The summed E-state index contributed by atoms with van der Waals surface area (Å²) in [5, 5.41) is 1.37. The molecule has 30 heavy (non-hydrogen) atoms. The van der Waals surface area contributed by atoms with Gasteiger partial charge in [0.15, 0.2) is 0 Å². The van der Waals surface area contributed by atoms with Gasteiger partial charge in [-0.05, 0) is 74.6 Å². The van der Waals surface area contributed by atoms with Crippen LogP contribution in [0.4, 0.5) is 5.69 Å². The van der Waals surface area contributed by atoms with E-state index in [1.54, 1.807) is 31.2 Å². The van der Waals surface area contributed by atoms with Crippen molar-refractivity contribution in [1.82, 2.24) is 0 Å². The first-order valence-electron chi connectivity index (χ1n) is 10.2. The number of hydrogen-bond acceptors (Lipinski definition) is 4. The molecule has 3 aromatic rings. The van der Waals surface area contributed by atoms with Crippen LogP contribution < -0.4 is 4.31 Å². The zero-order chi connectivity index (χ0) is 21.5. The highest BCUT2D eigenvalue weighted by Crippen LogP contribution is 2.36. The molecule has 0 atom stereocenters. The van der Waals surface area contributed by atoms with Crippen LogP contribution in [0.1, 0.15) is 49.5 Å². The van der Waals surface area contributed by atoms with Gasteiger partial charge < -0.3 is 4.42 Å². The second-order valence-electron chi connectivity index (χ2n) is 7.72. The molecule has 4 rings (SSSR count). The Labute approximate surface area is 181 Å². The van der Waals surface area contributed by atoms with E-state index in [4.69, 9.17) is 16.0 Å². The van der Waals surface area contributed by atoms with Crippen molar-refractivity contribution >= 4 is 44.2 Å². The molecule has 5 nitrogen and oxygen atoms in total. The van der Waals surface area contributed by atoms with Gasteiger partial charge in [0.25, 0.3) is 10.0 Å². The summed E-state index contributed by atoms with van der Waals surface area (Å²) in [6.45, 7) is 3.59. The summed E-state index contributed by atoms with van der Waals surface area (Å²) < 4.78 is 33.9. The number of furan rings is 1. The van der Waals surface area contributed by atoms with Crippen LogP contribution in [0.5, 0.6) is 0 Å². The maximum atomic E-state index is 13.5. The average molecular weight is 446 g/mol. The molecule has 0 N–H and O–H groups in total. The topological polar surface area (TPSA) is 67.6 Å². The largest absolute Gasteiger partial charge is 0.461 e. The zero-order valence-electron chi connectivity index (χ0n) is 17.1. The van der Waals surface area contributed by atoms with E-state index in [0.717, 1.165) is 52.3 Å². The number of fused-ring (bicyclic) bond motifs is 3. The molecule has 0 bridgehead atoms. The standard InChI is InChI=1S/C23H24ClNO4S/c1-3-6-23(26)25(30(27,28)17-10-11-20(24)15(2)13-17)16-9-12-22-19(14-16)18-7-4-5-8-21(18)29-22/h9-14H,3-8H2,1-2H3. The van der Waals surface area contributed by atoms with Crippen LogP contribution in [-0.4, -0.2) is 14.3 Å². The molecule has 0 aliphatic heterocycles. The van der Waals surface area contributed by atoms with Crippen molar-refractivity contribution in [2.75, 3.05) is 4.31 Å². The molecule has 0 spiro atoms. The van der Waals surface area contributed by atoms with Gasteiger partial charge >= 0.3 is 0 Å². The number of carbonyl (C=O) groups is 1. The van der Waals surface area contributed by atoms with E-state index in [9.17, 15) is 13.2 Å². The van der Waals surface area contributed by atoms with Crippen LogP contribution in [-0.2, 0) is 27.7 Å². The van der Waals surface area contributed by atoms with Gasteiger partial charge in [-0.1, -0.05) is 18.5 Å². The van der Waals surface area contributed by atoms with Crippen molar-refractivity contribution in [3.05, 3.63) is 58.3 Å². The third kappa shape index (κ3) is 3.63. The molecule has 158 valence electrons. The number of sulfonamides is 1. The van der Waals surface area contributed by atoms with Crippen molar-refractivity contribution in [3.63, 3.8) is 0 Å². The lowest BCUT2D eigenvalue weighted by Gasteiger charge is -2.23. The van der Waals surface area contributed by atoms with E-state index in [1.807, 2.05) is 6.92 Å². The third-order valence-electron chi connectivity index (χ3n) is 5.53. The van der Waals surface area contributed by atoms with Gasteiger partial charge in [-0.3, -0.25) is 4.79 Å². The van der Waals surface area contributed by atoms with Crippen molar-refractivity contribution in [1.29, 1.82) is 0 Å². The van der Waals surface area contributed by atoms with E-state index in [-0.39, 0.29) is 11.3 Å². The van der Waals surface area contributed by atoms with Crippen LogP contribution in [0.25, 0.3) is 11.0 Å². The van der Waals surface area contributed by atoms with Crippen molar-refractivity contribution in [2.45, 2.75) is 57.3 Å². The molecule has 0 unspecified atom stereocenters. The highest BCUT2D eigenvalue weighted by atomic mass is 35.5. The lowest BCUT2D eigenvalue weighted by atomic mass is 9.96. The molecule has 7 heteroatoms. The minimum Gasteiger partial charge on any atom is -0.461 e. The molecular formula is C23H24ClNO4S. The van der Waals surface area contributed by atoms with Gasteiger partial charge in [0.2, 0.25) is 5.91 Å². The number of carbonyl (C=O) groups excluding carboxylic acids is 1. The number of hydrogen-bond donors (Lipinski definition) is 0. The molecule has 0 saturated heterocycles. The number of halogens is 1. The van der Waals surface area contributed by atoms with Crippen molar-refractivity contribution in [2.24, 2.45) is 0 Å². The fourth-order valence-electron chi connectivity index (χ4n) is 3.99. The number of benzene rings is 2. The van der Waals surface area contributed by atoms with Gasteiger partial charge in [0.1, 0.15) is 11.3 Å². The second kappa shape index (κ2) is 8.08. The fraction of sp³-hybridized carbons (Fsp3) is 0.348. The van der Waals surface area contributed by atoms with Crippen LogP contribution in [0.15, 0.2) is 45.7 Å². The Morgan fingerprint density at radius 3 is 2.63 bits per heavy atom. The van der Waals surface area contributed by atoms with Crippen LogP contribution in [0, 0.1) is 6.92 Å². The summed E-state index contributed by atoms with van der Waals surface area (Å²) in [4.78, 5) is 13.0. The predicted molar refractivity (Wildman–Crippen MR) is 119 cm³/mol. The highest BCUT2D eigenvalue weighted by Gasteiger charge is 2.31. The summed E-state index contributed by atoms with van der Waals surface area (Å²) in [7, 11) is -4.09. The second-order valence-corrected chi connectivity index (χ2v) is 9.91. The van der Waals surface area contributed by atoms with Crippen molar-refractivity contribution < 1.29 is 17.6 Å². The highest BCUT2D eigenvalue weighted by molar-refractivity contribution is 7.93. The molecule has 0 fully saturated rings. The maximum Gasteiger partial charge on any atom is 0.270 e. The minimum absolute atomic E-state index is 0.0446. The first kappa shape index (κ1) is 20.9. The first-order chi connectivity index (χ1) is 14.3. The summed E-state index contributed by atoms with van der Waals surface area (Å²) in [6, 6.07) is 9.67. The van der Waals surface area contributed by atoms with E-state index in [0.29, 0.717) is 22.7 Å². The molecule has 1 aliphatic rings. The Morgan fingerprint density at radius 2 is 1.90 bits per heavy atom. The molecule has 0 radical (unpaired) electrons. The van der Waals surface area contributed by atoms with E-state index in [1.165, 1.54) is 12.1 Å². The number of aryl methyl sites for hydroxylation is 3. The maximum absolute atomic E-state index is 13.5. The summed E-state index contributed by atoms with van der Waals surface area (Å²) in [5.41, 5.74) is 2.83. The monoisotopic (exact) mass is 445 g/mol. The summed E-state index contributed by atoms with van der Waals surface area (Å²) in [6.07, 6.45) is 4.64. The Balaban J connectivity index is 1.86. The molecule has 1 amide bonds. The normalized spacial score (nSPS) is 14.0. The third-order valence-corrected chi connectivity index (χ3v) is 7.70. The fourth-order valence-corrected chi connectivity index (χ4v) is 5.64. The number of amides is 1. The van der Waals surface area contributed by atoms with E-state index < -0.39 is 15.9 Å². The first-order valence-corrected chi connectivity index (χ1v) is 12.0. The number of nitrogens with zero attached hydrogens (tertiary/aromatic N) is 1. The SMILES string of the molecule is CCCC(=O)N(c1ccc2oc3c(c2c1)CCCC3)S(=O)(=O)c1ccc(Cl)c(C)c1. The Morgan fingerprint density at radius 1 is 1.13 bits per heavy atom. The summed E-state index contributed by atoms with van der Waals surface area (Å²) >= 11 is 6.07. The molecule has 0 saturated carbocycles. The Bertz CT molecular complexity index is 1230. The van der Waals surface area contributed by atoms with Gasteiger partial charge in [-0.15, -0.1) is 0 Å². The smallest absolute Gasteiger partial charge is 0.270 e. The van der Waals surface area contributed by atoms with E-state index >= 15 is 0 Å². The Hall–Kier alpha value is -2.31. The summed E-state index contributed by atoms with van der Waals surface area (Å²) in [5.74, 6) is 0.512.